The molecule has 0 aliphatic carbocycles. The lowest BCUT2D eigenvalue weighted by Gasteiger charge is -2.31. The maximum Gasteiger partial charge on any atom is 0.310 e. The van der Waals surface area contributed by atoms with Gasteiger partial charge in [0.2, 0.25) is 5.91 Å². The van der Waals surface area contributed by atoms with Gasteiger partial charge in [-0.2, -0.15) is 0 Å². The van der Waals surface area contributed by atoms with Crippen molar-refractivity contribution in [3.63, 3.8) is 0 Å². The van der Waals surface area contributed by atoms with E-state index in [0.29, 0.717) is 26.0 Å². The standard InChI is InChI=1S/C15H21NO4/c1-2-19-15(18)12-5-3-9-16(11-12)14(17)8-7-13-6-4-10-20-13/h4,6,10,12H,2-3,5,7-9,11H2,1H3/t12-/m0/s1. The van der Waals surface area contributed by atoms with Gasteiger partial charge in [0, 0.05) is 25.9 Å². The van der Waals surface area contributed by atoms with E-state index in [2.05, 4.69) is 0 Å². The van der Waals surface area contributed by atoms with E-state index in [-0.39, 0.29) is 17.8 Å². The zero-order valence-electron chi connectivity index (χ0n) is 11.8. The third kappa shape index (κ3) is 3.85. The van der Waals surface area contributed by atoms with Crippen molar-refractivity contribution in [1.82, 2.24) is 4.90 Å². The number of esters is 1. The van der Waals surface area contributed by atoms with Crippen LogP contribution in [0.25, 0.3) is 0 Å². The van der Waals surface area contributed by atoms with Crippen LogP contribution in [0.2, 0.25) is 0 Å². The molecular weight excluding hydrogens is 258 g/mol. The van der Waals surface area contributed by atoms with Crippen LogP contribution in [-0.4, -0.2) is 36.5 Å². The van der Waals surface area contributed by atoms with E-state index in [0.717, 1.165) is 25.1 Å². The van der Waals surface area contributed by atoms with Crippen LogP contribution in [-0.2, 0) is 20.7 Å². The minimum atomic E-state index is -0.184. The predicted molar refractivity (Wildman–Crippen MR) is 73.0 cm³/mol. The van der Waals surface area contributed by atoms with Crippen molar-refractivity contribution in [3.8, 4) is 0 Å². The zero-order valence-corrected chi connectivity index (χ0v) is 11.8. The van der Waals surface area contributed by atoms with Crippen LogP contribution in [0.4, 0.5) is 0 Å². The number of aryl methyl sites for hydroxylation is 1. The molecule has 1 aromatic heterocycles. The first-order chi connectivity index (χ1) is 9.70. The third-order valence-electron chi connectivity index (χ3n) is 3.56. The summed E-state index contributed by atoms with van der Waals surface area (Å²) in [6, 6.07) is 3.68. The molecule has 1 atom stereocenters. The van der Waals surface area contributed by atoms with Gasteiger partial charge in [0.05, 0.1) is 18.8 Å². The van der Waals surface area contributed by atoms with Gasteiger partial charge in [-0.3, -0.25) is 9.59 Å². The minimum absolute atomic E-state index is 0.0791. The summed E-state index contributed by atoms with van der Waals surface area (Å²) in [6.45, 7) is 3.40. The van der Waals surface area contributed by atoms with Crippen molar-refractivity contribution in [2.75, 3.05) is 19.7 Å². The highest BCUT2D eigenvalue weighted by atomic mass is 16.5. The summed E-state index contributed by atoms with van der Waals surface area (Å²) in [5.41, 5.74) is 0. The Morgan fingerprint density at radius 3 is 3.05 bits per heavy atom. The summed E-state index contributed by atoms with van der Waals surface area (Å²) >= 11 is 0. The second-order valence-electron chi connectivity index (χ2n) is 5.01. The Kier molecular flexibility index (Phi) is 5.21. The molecule has 20 heavy (non-hydrogen) atoms. The number of nitrogens with zero attached hydrogens (tertiary/aromatic N) is 1. The average molecular weight is 279 g/mol. The number of carbonyl (C=O) groups excluding carboxylic acids is 2. The van der Waals surface area contributed by atoms with Crippen molar-refractivity contribution in [3.05, 3.63) is 24.2 Å². The summed E-state index contributed by atoms with van der Waals surface area (Å²) < 4.78 is 10.3. The van der Waals surface area contributed by atoms with E-state index in [1.54, 1.807) is 18.1 Å². The van der Waals surface area contributed by atoms with E-state index >= 15 is 0 Å². The maximum absolute atomic E-state index is 12.2. The highest BCUT2D eigenvalue weighted by molar-refractivity contribution is 5.78. The van der Waals surface area contributed by atoms with Gasteiger partial charge in [-0.1, -0.05) is 0 Å². The molecule has 5 heteroatoms. The van der Waals surface area contributed by atoms with E-state index in [4.69, 9.17) is 9.15 Å². The molecule has 0 aromatic carbocycles. The SMILES string of the molecule is CCOC(=O)[C@H]1CCCN(C(=O)CCc2ccco2)C1. The molecule has 0 saturated carbocycles. The fourth-order valence-corrected chi connectivity index (χ4v) is 2.50. The topological polar surface area (TPSA) is 59.8 Å². The number of piperidine rings is 1. The molecule has 5 nitrogen and oxygen atoms in total. The van der Waals surface area contributed by atoms with Gasteiger partial charge in [-0.05, 0) is 31.9 Å². The van der Waals surface area contributed by atoms with E-state index in [1.165, 1.54) is 0 Å². The molecule has 1 aliphatic rings. The molecule has 1 aromatic rings. The summed E-state index contributed by atoms with van der Waals surface area (Å²) in [5, 5.41) is 0. The van der Waals surface area contributed by atoms with Crippen molar-refractivity contribution in [2.45, 2.75) is 32.6 Å². The molecule has 1 aliphatic heterocycles. The fourth-order valence-electron chi connectivity index (χ4n) is 2.50. The van der Waals surface area contributed by atoms with Gasteiger partial charge in [-0.15, -0.1) is 0 Å². The molecule has 110 valence electrons. The molecule has 0 radical (unpaired) electrons. The third-order valence-corrected chi connectivity index (χ3v) is 3.56. The number of rotatable bonds is 5. The van der Waals surface area contributed by atoms with Crippen LogP contribution in [0.3, 0.4) is 0 Å². The summed E-state index contributed by atoms with van der Waals surface area (Å²) in [6.07, 6.45) is 4.30. The second kappa shape index (κ2) is 7.12. The predicted octanol–water partition coefficient (Wildman–Crippen LogP) is 2.01. The van der Waals surface area contributed by atoms with Gasteiger partial charge in [0.15, 0.2) is 0 Å². The van der Waals surface area contributed by atoms with E-state index in [9.17, 15) is 9.59 Å². The summed E-state index contributed by atoms with van der Waals surface area (Å²) in [4.78, 5) is 25.7. The Balaban J connectivity index is 1.81. The van der Waals surface area contributed by atoms with Crippen molar-refractivity contribution in [1.29, 1.82) is 0 Å². The van der Waals surface area contributed by atoms with E-state index < -0.39 is 0 Å². The van der Waals surface area contributed by atoms with Crippen molar-refractivity contribution >= 4 is 11.9 Å². The van der Waals surface area contributed by atoms with Gasteiger partial charge in [0.25, 0.3) is 0 Å². The Morgan fingerprint density at radius 2 is 2.35 bits per heavy atom. The van der Waals surface area contributed by atoms with Gasteiger partial charge in [-0.25, -0.2) is 0 Å². The Morgan fingerprint density at radius 1 is 1.50 bits per heavy atom. The molecule has 0 bridgehead atoms. The molecule has 1 amide bonds. The molecule has 0 N–H and O–H groups in total. The largest absolute Gasteiger partial charge is 0.469 e. The fraction of sp³-hybridized carbons (Fsp3) is 0.600. The normalized spacial score (nSPS) is 18.9. The van der Waals surface area contributed by atoms with Crippen LogP contribution >= 0.6 is 0 Å². The lowest BCUT2D eigenvalue weighted by Crippen LogP contribution is -2.42. The summed E-state index contributed by atoms with van der Waals surface area (Å²) in [5.74, 6) is 0.542. The Hall–Kier alpha value is -1.78. The maximum atomic E-state index is 12.2. The first-order valence-corrected chi connectivity index (χ1v) is 7.17. The number of ether oxygens (including phenoxy) is 1. The molecule has 2 rings (SSSR count). The van der Waals surface area contributed by atoms with Crippen molar-refractivity contribution in [2.24, 2.45) is 5.92 Å². The quantitative estimate of drug-likeness (QED) is 0.774. The average Bonchev–Trinajstić information content (AvgIpc) is 2.98. The molecule has 0 spiro atoms. The van der Waals surface area contributed by atoms with Crippen LogP contribution in [0.5, 0.6) is 0 Å². The molecule has 1 fully saturated rings. The van der Waals surface area contributed by atoms with Crippen LogP contribution in [0.15, 0.2) is 22.8 Å². The van der Waals surface area contributed by atoms with Crippen LogP contribution in [0.1, 0.15) is 31.9 Å². The van der Waals surface area contributed by atoms with Gasteiger partial charge < -0.3 is 14.1 Å². The van der Waals surface area contributed by atoms with Gasteiger partial charge >= 0.3 is 5.97 Å². The zero-order chi connectivity index (χ0) is 14.4. The lowest BCUT2D eigenvalue weighted by atomic mass is 9.98. The highest BCUT2D eigenvalue weighted by Gasteiger charge is 2.29. The minimum Gasteiger partial charge on any atom is -0.469 e. The number of amides is 1. The van der Waals surface area contributed by atoms with Crippen LogP contribution < -0.4 is 0 Å². The monoisotopic (exact) mass is 279 g/mol. The Bertz CT molecular complexity index is 441. The second-order valence-corrected chi connectivity index (χ2v) is 5.01. The smallest absolute Gasteiger partial charge is 0.310 e. The van der Waals surface area contributed by atoms with Gasteiger partial charge in [0.1, 0.15) is 5.76 Å². The molecule has 0 unspecified atom stereocenters. The first-order valence-electron chi connectivity index (χ1n) is 7.17. The molecular formula is C15H21NO4. The number of hydrogen-bond acceptors (Lipinski definition) is 4. The molecule has 2 heterocycles. The Labute approximate surface area is 118 Å². The lowest BCUT2D eigenvalue weighted by molar-refractivity contribution is -0.151. The number of likely N-dealkylation sites (tertiary alicyclic amines) is 1. The first kappa shape index (κ1) is 14.6. The summed E-state index contributed by atoms with van der Waals surface area (Å²) in [7, 11) is 0. The highest BCUT2D eigenvalue weighted by Crippen LogP contribution is 2.19. The number of hydrogen-bond donors (Lipinski definition) is 0. The van der Waals surface area contributed by atoms with Crippen LogP contribution in [0, 0.1) is 5.92 Å². The number of furan rings is 1. The van der Waals surface area contributed by atoms with Crippen molar-refractivity contribution < 1.29 is 18.7 Å². The van der Waals surface area contributed by atoms with E-state index in [1.807, 2.05) is 12.1 Å². The molecule has 1 saturated heterocycles. The number of carbonyl (C=O) groups is 2.